The van der Waals surface area contributed by atoms with Crippen molar-refractivity contribution in [2.24, 2.45) is 11.6 Å². The van der Waals surface area contributed by atoms with Crippen LogP contribution in [0.4, 0.5) is 0 Å². The average Bonchev–Trinajstić information content (AvgIpc) is 2.13. The van der Waals surface area contributed by atoms with Gasteiger partial charge in [0, 0.05) is 26.4 Å². The molecule has 5 heteroatoms. The minimum atomic E-state index is -0.0375. The van der Waals surface area contributed by atoms with Gasteiger partial charge < -0.3 is 16.1 Å². The van der Waals surface area contributed by atoms with Crippen molar-refractivity contribution in [2.75, 3.05) is 7.05 Å². The normalized spacial score (nSPS) is 12.6. The Balaban J connectivity index is 4.71. The number of rotatable bonds is 4. The topological polar surface area (TPSA) is 84.4 Å². The Morgan fingerprint density at radius 3 is 2.50 bits per heavy atom. The van der Waals surface area contributed by atoms with Gasteiger partial charge in [-0.25, -0.2) is 0 Å². The lowest BCUT2D eigenvalue weighted by Crippen LogP contribution is -2.20. The minimum absolute atomic E-state index is 0.0375. The Morgan fingerprint density at radius 2 is 2.14 bits per heavy atom. The summed E-state index contributed by atoms with van der Waals surface area (Å²) in [5, 5.41) is 0. The molecule has 0 aliphatic rings. The Bertz CT molecular complexity index is 258. The van der Waals surface area contributed by atoms with Crippen LogP contribution in [-0.4, -0.2) is 17.9 Å². The van der Waals surface area contributed by atoms with Crippen molar-refractivity contribution in [1.82, 2.24) is 10.3 Å². The molecule has 5 nitrogen and oxygen atoms in total. The van der Waals surface area contributed by atoms with E-state index in [1.54, 1.807) is 13.2 Å². The van der Waals surface area contributed by atoms with Gasteiger partial charge in [0.2, 0.25) is 5.91 Å². The van der Waals surface area contributed by atoms with Crippen LogP contribution in [0.3, 0.4) is 0 Å². The van der Waals surface area contributed by atoms with E-state index in [0.717, 1.165) is 12.0 Å². The van der Waals surface area contributed by atoms with Crippen LogP contribution in [0.2, 0.25) is 0 Å². The number of carbonyl (C=O) groups excluding carboxylic acids is 1. The zero-order chi connectivity index (χ0) is 11.1. The quantitative estimate of drug-likeness (QED) is 0.338. The van der Waals surface area contributed by atoms with Crippen molar-refractivity contribution < 1.29 is 4.79 Å². The summed E-state index contributed by atoms with van der Waals surface area (Å²) in [6.07, 6.45) is 3.93. The van der Waals surface area contributed by atoms with Crippen molar-refractivity contribution in [2.45, 2.75) is 20.3 Å². The molecule has 0 rings (SSSR count). The van der Waals surface area contributed by atoms with Crippen LogP contribution in [0.1, 0.15) is 20.3 Å². The Labute approximate surface area is 84.4 Å². The molecule has 0 heterocycles. The second-order valence-electron chi connectivity index (χ2n) is 2.90. The summed E-state index contributed by atoms with van der Waals surface area (Å²) in [5.74, 6) is 5.06. The predicted octanol–water partition coefficient (Wildman–Crippen LogP) is 0.0220. The predicted molar refractivity (Wildman–Crippen MR) is 56.4 cm³/mol. The van der Waals surface area contributed by atoms with Gasteiger partial charge in [-0.3, -0.25) is 10.6 Å². The maximum Gasteiger partial charge on any atom is 0.223 e. The van der Waals surface area contributed by atoms with Gasteiger partial charge >= 0.3 is 0 Å². The van der Waals surface area contributed by atoms with Crippen molar-refractivity contribution in [3.8, 4) is 0 Å². The molecule has 0 saturated heterocycles. The maximum atomic E-state index is 11.0. The third-order valence-electron chi connectivity index (χ3n) is 1.84. The molecule has 14 heavy (non-hydrogen) atoms. The standard InChI is InChI=1S/C9H18N4O/c1-4-8(9(10)5-12-11)6-13(3)7(2)14/h5-6,12H,4,10-11H2,1-3H3/b8-6+,9-5-. The van der Waals surface area contributed by atoms with Crippen molar-refractivity contribution >= 4 is 5.91 Å². The van der Waals surface area contributed by atoms with Crippen molar-refractivity contribution in [3.05, 3.63) is 23.7 Å². The fourth-order valence-electron chi connectivity index (χ4n) is 0.877. The summed E-state index contributed by atoms with van der Waals surface area (Å²) in [5.41, 5.74) is 9.45. The number of hydrogen-bond acceptors (Lipinski definition) is 4. The lowest BCUT2D eigenvalue weighted by molar-refractivity contribution is -0.125. The van der Waals surface area contributed by atoms with Crippen LogP contribution < -0.4 is 17.0 Å². The number of allylic oxidation sites excluding steroid dienone is 1. The average molecular weight is 198 g/mol. The van der Waals surface area contributed by atoms with Gasteiger partial charge in [-0.15, -0.1) is 0 Å². The number of nitrogens with one attached hydrogen (secondary N) is 1. The fourth-order valence-corrected chi connectivity index (χ4v) is 0.877. The van der Waals surface area contributed by atoms with Crippen LogP contribution in [-0.2, 0) is 4.79 Å². The molecule has 1 amide bonds. The molecule has 0 aromatic heterocycles. The second kappa shape index (κ2) is 6.04. The van der Waals surface area contributed by atoms with Crippen molar-refractivity contribution in [3.63, 3.8) is 0 Å². The zero-order valence-electron chi connectivity index (χ0n) is 8.87. The molecule has 0 aliphatic carbocycles. The van der Waals surface area contributed by atoms with Crippen LogP contribution in [0.25, 0.3) is 0 Å². The Hall–Kier alpha value is -1.49. The molecular formula is C9H18N4O. The molecule has 0 aromatic rings. The number of nitrogens with zero attached hydrogens (tertiary/aromatic N) is 1. The molecule has 0 aliphatic heterocycles. The summed E-state index contributed by atoms with van der Waals surface area (Å²) in [7, 11) is 1.68. The second-order valence-corrected chi connectivity index (χ2v) is 2.90. The molecule has 0 atom stereocenters. The van der Waals surface area contributed by atoms with E-state index in [1.165, 1.54) is 18.0 Å². The molecule has 5 N–H and O–H groups in total. The van der Waals surface area contributed by atoms with Gasteiger partial charge in [0.15, 0.2) is 0 Å². The fraction of sp³-hybridized carbons (Fsp3) is 0.444. The van der Waals surface area contributed by atoms with Gasteiger partial charge in [-0.2, -0.15) is 0 Å². The third-order valence-corrected chi connectivity index (χ3v) is 1.84. The maximum absolute atomic E-state index is 11.0. The highest BCUT2D eigenvalue weighted by Gasteiger charge is 2.02. The van der Waals surface area contributed by atoms with E-state index in [9.17, 15) is 4.79 Å². The molecule has 0 radical (unpaired) electrons. The number of amides is 1. The van der Waals surface area contributed by atoms with Crippen LogP contribution in [0.5, 0.6) is 0 Å². The van der Waals surface area contributed by atoms with Crippen LogP contribution in [0.15, 0.2) is 23.7 Å². The highest BCUT2D eigenvalue weighted by Crippen LogP contribution is 2.08. The number of nitrogens with two attached hydrogens (primary N) is 2. The number of hydrazine groups is 1. The molecule has 0 fully saturated rings. The lowest BCUT2D eigenvalue weighted by atomic mass is 10.1. The van der Waals surface area contributed by atoms with Gasteiger partial charge in [0.1, 0.15) is 0 Å². The third kappa shape index (κ3) is 3.95. The SMILES string of the molecule is CCC(=C\N(C)C(C)=O)/C(N)=C/NN. The molecule has 0 bridgehead atoms. The first-order valence-electron chi connectivity index (χ1n) is 4.39. The summed E-state index contributed by atoms with van der Waals surface area (Å²) in [6, 6.07) is 0. The van der Waals surface area contributed by atoms with Gasteiger partial charge in [-0.1, -0.05) is 6.92 Å². The first-order valence-corrected chi connectivity index (χ1v) is 4.39. The lowest BCUT2D eigenvalue weighted by Gasteiger charge is -2.12. The highest BCUT2D eigenvalue weighted by molar-refractivity contribution is 5.74. The van der Waals surface area contributed by atoms with Gasteiger partial charge in [-0.05, 0) is 12.0 Å². The monoisotopic (exact) mass is 198 g/mol. The van der Waals surface area contributed by atoms with E-state index in [1.807, 2.05) is 6.92 Å². The largest absolute Gasteiger partial charge is 0.397 e. The summed E-state index contributed by atoms with van der Waals surface area (Å²) < 4.78 is 0. The highest BCUT2D eigenvalue weighted by atomic mass is 16.2. The summed E-state index contributed by atoms with van der Waals surface area (Å²) in [4.78, 5) is 12.4. The minimum Gasteiger partial charge on any atom is -0.397 e. The molecule has 0 unspecified atom stereocenters. The van der Waals surface area contributed by atoms with Crippen molar-refractivity contribution in [1.29, 1.82) is 0 Å². The van der Waals surface area contributed by atoms with E-state index in [4.69, 9.17) is 11.6 Å². The Morgan fingerprint density at radius 1 is 1.57 bits per heavy atom. The molecular weight excluding hydrogens is 180 g/mol. The number of hydrogen-bond donors (Lipinski definition) is 3. The number of carbonyl (C=O) groups is 1. The summed E-state index contributed by atoms with van der Waals surface area (Å²) in [6.45, 7) is 3.45. The van der Waals surface area contributed by atoms with Crippen LogP contribution in [0, 0.1) is 0 Å². The Kier molecular flexibility index (Phi) is 5.40. The molecule has 0 spiro atoms. The van der Waals surface area contributed by atoms with E-state index < -0.39 is 0 Å². The van der Waals surface area contributed by atoms with E-state index in [0.29, 0.717) is 5.70 Å². The van der Waals surface area contributed by atoms with E-state index in [-0.39, 0.29) is 5.91 Å². The van der Waals surface area contributed by atoms with Gasteiger partial charge in [0.25, 0.3) is 0 Å². The molecule has 0 aromatic carbocycles. The first-order chi connectivity index (χ1) is 6.52. The van der Waals surface area contributed by atoms with E-state index >= 15 is 0 Å². The summed E-state index contributed by atoms with van der Waals surface area (Å²) >= 11 is 0. The smallest absolute Gasteiger partial charge is 0.223 e. The van der Waals surface area contributed by atoms with Crippen LogP contribution >= 0.6 is 0 Å². The molecule has 80 valence electrons. The molecule has 0 saturated carbocycles. The van der Waals surface area contributed by atoms with Gasteiger partial charge in [0.05, 0.1) is 5.70 Å². The van der Waals surface area contributed by atoms with E-state index in [2.05, 4.69) is 5.43 Å². The zero-order valence-corrected chi connectivity index (χ0v) is 8.87. The first kappa shape index (κ1) is 12.5.